The van der Waals surface area contributed by atoms with Gasteiger partial charge in [0.25, 0.3) is 5.91 Å². The van der Waals surface area contributed by atoms with Crippen LogP contribution in [0.4, 0.5) is 0 Å². The molecule has 32 heavy (non-hydrogen) atoms. The minimum absolute atomic E-state index is 0.0378. The first-order chi connectivity index (χ1) is 15.7. The van der Waals surface area contributed by atoms with Crippen molar-refractivity contribution in [2.75, 3.05) is 20.8 Å². The molecule has 1 N–H and O–H groups in total. The van der Waals surface area contributed by atoms with Gasteiger partial charge in [-0.1, -0.05) is 36.4 Å². The Labute approximate surface area is 186 Å². The Hall–Kier alpha value is -4.06. The topological polar surface area (TPSA) is 69.7 Å². The van der Waals surface area contributed by atoms with Gasteiger partial charge in [-0.05, 0) is 52.4 Å². The minimum Gasteiger partial charge on any atom is -0.493 e. The molecular weight excluding hydrogens is 404 g/mol. The van der Waals surface area contributed by atoms with Crippen LogP contribution in [-0.4, -0.2) is 31.7 Å². The number of nitrogens with zero attached hydrogens (tertiary/aromatic N) is 1. The fraction of sp³-hybridized carbons (Fsp3) is 0.154. The van der Waals surface area contributed by atoms with Gasteiger partial charge in [-0.25, -0.2) is 0 Å². The maximum atomic E-state index is 12.3. The first-order valence-electron chi connectivity index (χ1n) is 10.2. The van der Waals surface area contributed by atoms with Gasteiger partial charge in [-0.15, -0.1) is 0 Å². The van der Waals surface area contributed by atoms with Crippen LogP contribution in [0.25, 0.3) is 21.9 Å². The first kappa shape index (κ1) is 21.2. The fourth-order valence-corrected chi connectivity index (χ4v) is 3.57. The van der Waals surface area contributed by atoms with Crippen LogP contribution < -0.4 is 19.5 Å². The number of hydrogen-bond acceptors (Lipinski definition) is 5. The molecule has 3 aromatic carbocycles. The van der Waals surface area contributed by atoms with E-state index in [0.29, 0.717) is 23.8 Å². The van der Waals surface area contributed by atoms with E-state index in [2.05, 4.69) is 10.3 Å². The smallest absolute Gasteiger partial charge is 0.258 e. The molecule has 0 aliphatic rings. The maximum absolute atomic E-state index is 12.3. The van der Waals surface area contributed by atoms with E-state index in [9.17, 15) is 4.79 Å². The quantitative estimate of drug-likeness (QED) is 0.444. The summed E-state index contributed by atoms with van der Waals surface area (Å²) >= 11 is 0. The zero-order valence-electron chi connectivity index (χ0n) is 18.0. The van der Waals surface area contributed by atoms with Crippen LogP contribution >= 0.6 is 0 Å². The second-order valence-corrected chi connectivity index (χ2v) is 7.14. The fourth-order valence-electron chi connectivity index (χ4n) is 3.57. The number of benzene rings is 3. The predicted molar refractivity (Wildman–Crippen MR) is 124 cm³/mol. The Morgan fingerprint density at radius 3 is 2.50 bits per heavy atom. The zero-order chi connectivity index (χ0) is 22.3. The number of rotatable bonds is 8. The molecule has 4 aromatic rings. The predicted octanol–water partition coefficient (Wildman–Crippen LogP) is 4.61. The standard InChI is InChI=1S/C26H24N2O4/c1-30-24-11-9-18(14-25(24)31-2)21-10-8-19(23-16-27-13-12-22(21)23)15-28-26(29)17-32-20-6-4-3-5-7-20/h3-14,16H,15,17H2,1-2H3,(H,28,29). The van der Waals surface area contributed by atoms with E-state index in [1.165, 1.54) is 0 Å². The van der Waals surface area contributed by atoms with Crippen molar-refractivity contribution < 1.29 is 19.0 Å². The summed E-state index contributed by atoms with van der Waals surface area (Å²) in [6, 6.07) is 21.2. The normalized spacial score (nSPS) is 10.6. The van der Waals surface area contributed by atoms with Crippen molar-refractivity contribution in [2.45, 2.75) is 6.54 Å². The summed E-state index contributed by atoms with van der Waals surface area (Å²) in [6.45, 7) is 0.343. The molecule has 0 aliphatic heterocycles. The van der Waals surface area contributed by atoms with Gasteiger partial charge in [0.2, 0.25) is 0 Å². The van der Waals surface area contributed by atoms with Gasteiger partial charge in [0, 0.05) is 24.3 Å². The van der Waals surface area contributed by atoms with Crippen molar-refractivity contribution in [3.05, 3.63) is 84.7 Å². The van der Waals surface area contributed by atoms with Crippen LogP contribution in [-0.2, 0) is 11.3 Å². The van der Waals surface area contributed by atoms with Gasteiger partial charge in [0.15, 0.2) is 18.1 Å². The number of para-hydroxylation sites is 1. The van der Waals surface area contributed by atoms with Crippen molar-refractivity contribution in [2.24, 2.45) is 0 Å². The molecule has 1 amide bonds. The van der Waals surface area contributed by atoms with Gasteiger partial charge >= 0.3 is 0 Å². The van der Waals surface area contributed by atoms with Gasteiger partial charge in [0.05, 0.1) is 14.2 Å². The monoisotopic (exact) mass is 428 g/mol. The SMILES string of the molecule is COc1ccc(-c2ccc(CNC(=O)COc3ccccc3)c3cnccc23)cc1OC. The van der Waals surface area contributed by atoms with Crippen LogP contribution in [0.1, 0.15) is 5.56 Å². The van der Waals surface area contributed by atoms with Crippen LogP contribution in [0.15, 0.2) is 79.1 Å². The Morgan fingerprint density at radius 2 is 1.72 bits per heavy atom. The molecule has 0 spiro atoms. The molecule has 0 bridgehead atoms. The molecule has 6 nitrogen and oxygen atoms in total. The zero-order valence-corrected chi connectivity index (χ0v) is 18.0. The average molecular weight is 428 g/mol. The van der Waals surface area contributed by atoms with Gasteiger partial charge < -0.3 is 19.5 Å². The summed E-state index contributed by atoms with van der Waals surface area (Å²) in [5.74, 6) is 1.83. The number of hydrogen-bond donors (Lipinski definition) is 1. The lowest BCUT2D eigenvalue weighted by Crippen LogP contribution is -2.28. The first-order valence-corrected chi connectivity index (χ1v) is 10.2. The largest absolute Gasteiger partial charge is 0.493 e. The van der Waals surface area contributed by atoms with Crippen molar-refractivity contribution in [3.63, 3.8) is 0 Å². The lowest BCUT2D eigenvalue weighted by molar-refractivity contribution is -0.123. The number of pyridine rings is 1. The molecule has 4 rings (SSSR count). The highest BCUT2D eigenvalue weighted by Gasteiger charge is 2.12. The van der Waals surface area contributed by atoms with Crippen molar-refractivity contribution in [3.8, 4) is 28.4 Å². The molecule has 6 heteroatoms. The van der Waals surface area contributed by atoms with Crippen LogP contribution in [0, 0.1) is 0 Å². The number of nitrogens with one attached hydrogen (secondary N) is 1. The number of carbonyl (C=O) groups is 1. The Balaban J connectivity index is 1.54. The Morgan fingerprint density at radius 1 is 0.906 bits per heavy atom. The molecule has 1 aromatic heterocycles. The number of ether oxygens (including phenoxy) is 3. The van der Waals surface area contributed by atoms with E-state index in [1.807, 2.05) is 72.9 Å². The summed E-state index contributed by atoms with van der Waals surface area (Å²) in [7, 11) is 3.24. The molecule has 0 unspecified atom stereocenters. The van der Waals surface area contributed by atoms with E-state index < -0.39 is 0 Å². The van der Waals surface area contributed by atoms with Gasteiger partial charge in [-0.3, -0.25) is 9.78 Å². The number of fused-ring (bicyclic) bond motifs is 1. The van der Waals surface area contributed by atoms with E-state index in [0.717, 1.165) is 27.5 Å². The van der Waals surface area contributed by atoms with Crippen molar-refractivity contribution in [1.29, 1.82) is 0 Å². The molecule has 0 saturated heterocycles. The summed E-state index contributed by atoms with van der Waals surface area (Å²) in [4.78, 5) is 16.6. The lowest BCUT2D eigenvalue weighted by Gasteiger charge is -2.14. The molecule has 0 atom stereocenters. The molecule has 162 valence electrons. The number of aromatic nitrogens is 1. The van der Waals surface area contributed by atoms with Crippen LogP contribution in [0.5, 0.6) is 17.2 Å². The Kier molecular flexibility index (Phi) is 6.51. The summed E-state index contributed by atoms with van der Waals surface area (Å²) in [6.07, 6.45) is 3.59. The summed E-state index contributed by atoms with van der Waals surface area (Å²) in [5.41, 5.74) is 3.03. The van der Waals surface area contributed by atoms with Crippen LogP contribution in [0.3, 0.4) is 0 Å². The number of methoxy groups -OCH3 is 2. The van der Waals surface area contributed by atoms with Crippen molar-refractivity contribution in [1.82, 2.24) is 10.3 Å². The average Bonchev–Trinajstić information content (AvgIpc) is 2.86. The highest BCUT2D eigenvalue weighted by atomic mass is 16.5. The van der Waals surface area contributed by atoms with E-state index in [-0.39, 0.29) is 12.5 Å². The highest BCUT2D eigenvalue weighted by molar-refractivity contribution is 5.98. The molecule has 1 heterocycles. The van der Waals surface area contributed by atoms with Gasteiger partial charge in [0.1, 0.15) is 5.75 Å². The third-order valence-corrected chi connectivity index (χ3v) is 5.19. The molecule has 0 radical (unpaired) electrons. The third-order valence-electron chi connectivity index (χ3n) is 5.19. The second kappa shape index (κ2) is 9.83. The van der Waals surface area contributed by atoms with E-state index >= 15 is 0 Å². The van der Waals surface area contributed by atoms with E-state index in [4.69, 9.17) is 14.2 Å². The third kappa shape index (κ3) is 4.64. The van der Waals surface area contributed by atoms with Crippen molar-refractivity contribution >= 4 is 16.7 Å². The summed E-state index contributed by atoms with van der Waals surface area (Å²) in [5, 5.41) is 4.94. The van der Waals surface area contributed by atoms with Gasteiger partial charge in [-0.2, -0.15) is 0 Å². The molecule has 0 saturated carbocycles. The number of amides is 1. The lowest BCUT2D eigenvalue weighted by atomic mass is 9.96. The Bertz CT molecular complexity index is 1230. The molecule has 0 aliphatic carbocycles. The minimum atomic E-state index is -0.185. The van der Waals surface area contributed by atoms with E-state index in [1.54, 1.807) is 20.4 Å². The molecule has 0 fully saturated rings. The maximum Gasteiger partial charge on any atom is 0.258 e. The number of carbonyl (C=O) groups excluding carboxylic acids is 1. The summed E-state index contributed by atoms with van der Waals surface area (Å²) < 4.78 is 16.3. The second-order valence-electron chi connectivity index (χ2n) is 7.14. The highest BCUT2D eigenvalue weighted by Crippen LogP contribution is 2.36. The molecular formula is C26H24N2O4. The van der Waals surface area contributed by atoms with Crippen LogP contribution in [0.2, 0.25) is 0 Å².